The zero-order valence-corrected chi connectivity index (χ0v) is 16.6. The molecule has 7 nitrogen and oxygen atoms in total. The number of ether oxygens (including phenoxy) is 1. The first-order valence-electron chi connectivity index (χ1n) is 9.61. The normalized spacial score (nSPS) is 20.1. The van der Waals surface area contributed by atoms with E-state index in [1.165, 1.54) is 6.08 Å². The zero-order valence-electron chi connectivity index (χ0n) is 16.6. The van der Waals surface area contributed by atoms with Crippen molar-refractivity contribution in [2.24, 2.45) is 5.73 Å². The number of para-hydroxylation sites is 1. The first-order valence-corrected chi connectivity index (χ1v) is 9.61. The molecule has 1 amide bonds. The van der Waals surface area contributed by atoms with Gasteiger partial charge >= 0.3 is 0 Å². The highest BCUT2D eigenvalue weighted by atomic mass is 16.5. The number of phenols is 1. The van der Waals surface area contributed by atoms with Crippen LogP contribution in [0, 0.1) is 0 Å². The van der Waals surface area contributed by atoms with E-state index in [0.29, 0.717) is 30.3 Å². The number of nitrogens with one attached hydrogen (secondary N) is 1. The number of nitrogens with zero attached hydrogens (tertiary/aromatic N) is 1. The molecule has 29 heavy (non-hydrogen) atoms. The summed E-state index contributed by atoms with van der Waals surface area (Å²) in [4.78, 5) is 16.9. The van der Waals surface area contributed by atoms with Crippen LogP contribution in [0.2, 0.25) is 0 Å². The van der Waals surface area contributed by atoms with Crippen molar-refractivity contribution in [1.82, 2.24) is 9.88 Å². The number of aromatic hydroxyl groups is 1. The van der Waals surface area contributed by atoms with Gasteiger partial charge < -0.3 is 31.2 Å². The van der Waals surface area contributed by atoms with Crippen LogP contribution in [0.15, 0.2) is 43.0 Å². The van der Waals surface area contributed by atoms with Gasteiger partial charge in [-0.25, -0.2) is 0 Å². The second-order valence-electron chi connectivity index (χ2n) is 7.31. The van der Waals surface area contributed by atoms with E-state index < -0.39 is 0 Å². The molecule has 0 saturated carbocycles. The molecule has 3 rings (SSSR count). The van der Waals surface area contributed by atoms with Crippen molar-refractivity contribution < 1.29 is 14.6 Å². The molecule has 1 saturated heterocycles. The number of carbonyl (C=O) groups is 1. The maximum Gasteiger partial charge on any atom is 0.246 e. The highest BCUT2D eigenvalue weighted by molar-refractivity contribution is 5.87. The number of aromatic amines is 1. The third-order valence-electron chi connectivity index (χ3n) is 5.41. The predicted molar refractivity (Wildman–Crippen MR) is 115 cm³/mol. The molecule has 1 unspecified atom stereocenters. The van der Waals surface area contributed by atoms with E-state index in [0.717, 1.165) is 24.1 Å². The molecule has 0 aliphatic carbocycles. The summed E-state index contributed by atoms with van der Waals surface area (Å²) < 4.78 is 5.71. The number of likely N-dealkylation sites (N-methyl/N-ethyl adjacent to an activating group) is 1. The quantitative estimate of drug-likeness (QED) is 0.580. The standard InChI is InChI=1S/C22H28N4O3/c1-3-21(28)26(2)16-10-14(8-9-29-13-16)19-12-15(22(24)25-19)11-18(23)17-6-4-5-7-20(17)27/h3-7,11-12,14,16,25,27H,1,8-10,13,23-24H2,2H3/b18-11-/t14-,16?/m1/s1. The third-order valence-corrected chi connectivity index (χ3v) is 5.41. The first kappa shape index (κ1) is 20.5. The van der Waals surface area contributed by atoms with Gasteiger partial charge in [0.2, 0.25) is 5.91 Å². The Morgan fingerprint density at radius 1 is 1.41 bits per heavy atom. The Labute approximate surface area is 170 Å². The number of H-pyrrole nitrogens is 1. The van der Waals surface area contributed by atoms with Crippen LogP contribution in [-0.4, -0.2) is 47.2 Å². The first-order chi connectivity index (χ1) is 13.9. The predicted octanol–water partition coefficient (Wildman–Crippen LogP) is 2.67. The molecule has 1 aromatic carbocycles. The highest BCUT2D eigenvalue weighted by Gasteiger charge is 2.27. The summed E-state index contributed by atoms with van der Waals surface area (Å²) in [5.41, 5.74) is 15.1. The fourth-order valence-electron chi connectivity index (χ4n) is 3.65. The van der Waals surface area contributed by atoms with Crippen LogP contribution in [0.1, 0.15) is 35.6 Å². The van der Waals surface area contributed by atoms with Crippen molar-refractivity contribution >= 4 is 23.5 Å². The zero-order chi connectivity index (χ0) is 21.0. The van der Waals surface area contributed by atoms with Gasteiger partial charge in [0.05, 0.1) is 12.6 Å². The molecular formula is C22H28N4O3. The molecule has 1 aliphatic rings. The Kier molecular flexibility index (Phi) is 6.29. The Morgan fingerprint density at radius 3 is 2.90 bits per heavy atom. The fourth-order valence-corrected chi connectivity index (χ4v) is 3.65. The fraction of sp³-hybridized carbons (Fsp3) is 0.318. The largest absolute Gasteiger partial charge is 0.507 e. The van der Waals surface area contributed by atoms with Crippen LogP contribution in [-0.2, 0) is 9.53 Å². The number of anilines is 1. The van der Waals surface area contributed by atoms with Crippen molar-refractivity contribution in [3.63, 3.8) is 0 Å². The van der Waals surface area contributed by atoms with Crippen molar-refractivity contribution in [2.45, 2.75) is 24.8 Å². The molecule has 6 N–H and O–H groups in total. The molecule has 0 radical (unpaired) electrons. The Bertz CT molecular complexity index is 919. The lowest BCUT2D eigenvalue weighted by Crippen LogP contribution is -2.39. The molecule has 2 atom stereocenters. The number of nitrogens with two attached hydrogens (primary N) is 2. The maximum atomic E-state index is 12.0. The Morgan fingerprint density at radius 2 is 2.17 bits per heavy atom. The molecule has 0 spiro atoms. The molecule has 7 heteroatoms. The number of aromatic nitrogens is 1. The van der Waals surface area contributed by atoms with Gasteiger partial charge in [-0.05, 0) is 43.2 Å². The second kappa shape index (κ2) is 8.87. The molecule has 2 aromatic rings. The van der Waals surface area contributed by atoms with Gasteiger partial charge in [-0.15, -0.1) is 0 Å². The second-order valence-corrected chi connectivity index (χ2v) is 7.31. The lowest BCUT2D eigenvalue weighted by molar-refractivity contribution is -0.127. The molecule has 0 bridgehead atoms. The van der Waals surface area contributed by atoms with Gasteiger partial charge in [-0.1, -0.05) is 18.7 Å². The summed E-state index contributed by atoms with van der Waals surface area (Å²) in [6.07, 6.45) is 4.65. The third kappa shape index (κ3) is 4.63. The van der Waals surface area contributed by atoms with Crippen LogP contribution >= 0.6 is 0 Å². The van der Waals surface area contributed by atoms with Crippen LogP contribution in [0.25, 0.3) is 11.8 Å². The highest BCUT2D eigenvalue weighted by Crippen LogP contribution is 2.32. The molecule has 2 heterocycles. The number of hydrogen-bond acceptors (Lipinski definition) is 5. The Balaban J connectivity index is 1.83. The van der Waals surface area contributed by atoms with Gasteiger partial charge in [-0.3, -0.25) is 4.79 Å². The molecule has 154 valence electrons. The maximum absolute atomic E-state index is 12.0. The molecule has 1 aliphatic heterocycles. The van der Waals surface area contributed by atoms with E-state index in [-0.39, 0.29) is 23.6 Å². The SMILES string of the molecule is C=CC(=O)N(C)C1COCC[C@@H](c2cc(/C=C(\N)c3ccccc3O)c(N)[nH]2)C1. The number of amides is 1. The molecule has 1 aromatic heterocycles. The number of phenolic OH excluding ortho intramolecular Hbond substituents is 1. The van der Waals surface area contributed by atoms with Gasteiger partial charge in [0.1, 0.15) is 11.6 Å². The summed E-state index contributed by atoms with van der Waals surface area (Å²) in [5, 5.41) is 10.0. The topological polar surface area (TPSA) is 118 Å². The average molecular weight is 396 g/mol. The minimum absolute atomic E-state index is 0.0390. The summed E-state index contributed by atoms with van der Waals surface area (Å²) in [6, 6.07) is 8.84. The van der Waals surface area contributed by atoms with Crippen molar-refractivity contribution in [3.05, 3.63) is 59.8 Å². The van der Waals surface area contributed by atoms with E-state index in [1.54, 1.807) is 36.2 Å². The number of rotatable bonds is 5. The lowest BCUT2D eigenvalue weighted by atomic mass is 9.93. The van der Waals surface area contributed by atoms with E-state index in [2.05, 4.69) is 11.6 Å². The number of hydrogen-bond donors (Lipinski definition) is 4. The van der Waals surface area contributed by atoms with Gasteiger partial charge in [-0.2, -0.15) is 0 Å². The lowest BCUT2D eigenvalue weighted by Gasteiger charge is -2.27. The minimum Gasteiger partial charge on any atom is -0.507 e. The minimum atomic E-state index is -0.121. The summed E-state index contributed by atoms with van der Waals surface area (Å²) in [5.74, 6) is 0.674. The smallest absolute Gasteiger partial charge is 0.246 e. The number of carbonyl (C=O) groups excluding carboxylic acids is 1. The van der Waals surface area contributed by atoms with Crippen molar-refractivity contribution in [2.75, 3.05) is 26.0 Å². The van der Waals surface area contributed by atoms with Crippen LogP contribution in [0.4, 0.5) is 5.82 Å². The van der Waals surface area contributed by atoms with E-state index >= 15 is 0 Å². The van der Waals surface area contributed by atoms with Gasteiger partial charge in [0.25, 0.3) is 0 Å². The van der Waals surface area contributed by atoms with E-state index in [4.69, 9.17) is 16.2 Å². The number of benzene rings is 1. The van der Waals surface area contributed by atoms with Crippen molar-refractivity contribution in [1.29, 1.82) is 0 Å². The van der Waals surface area contributed by atoms with E-state index in [1.807, 2.05) is 12.1 Å². The summed E-state index contributed by atoms with van der Waals surface area (Å²) in [6.45, 7) is 4.67. The molecular weight excluding hydrogens is 368 g/mol. The van der Waals surface area contributed by atoms with Crippen LogP contribution in [0.3, 0.4) is 0 Å². The van der Waals surface area contributed by atoms with Crippen molar-refractivity contribution in [3.8, 4) is 5.75 Å². The van der Waals surface area contributed by atoms with E-state index in [9.17, 15) is 9.90 Å². The molecule has 1 fully saturated rings. The summed E-state index contributed by atoms with van der Waals surface area (Å²) >= 11 is 0. The van der Waals surface area contributed by atoms with Crippen LogP contribution in [0.5, 0.6) is 5.75 Å². The Hall–Kier alpha value is -3.19. The average Bonchev–Trinajstić information content (AvgIpc) is 2.93. The van der Waals surface area contributed by atoms with Gasteiger partial charge in [0.15, 0.2) is 0 Å². The summed E-state index contributed by atoms with van der Waals surface area (Å²) in [7, 11) is 1.77. The monoisotopic (exact) mass is 396 g/mol. The number of nitrogen functional groups attached to an aromatic ring is 1. The van der Waals surface area contributed by atoms with Crippen LogP contribution < -0.4 is 11.5 Å². The van der Waals surface area contributed by atoms with Gasteiger partial charge in [0, 0.05) is 42.1 Å².